The SMILES string of the molecule is CNCc1c(C)c(C)c(C)c(C)c1C.COC(=O)CCCC(CCC(=O)N(C)Cc1c(C)c(C)c(C)c(C)c1C)[C@H]1CC[C@@H](C)[C@H]1C.COC(=O)CCCC(CCC(=O)N(C)Cc1c(C)c(C)c(C)c(C)c1C)[C@H]1CC[C@@H](C)[C@H]1C.COC(=O)CCCC(CCC(=O)O)[C@H]1CC[C@@H](C)[C@H]1C.[CH3-].[W]. The number of methoxy groups -OCH3 is 3. The average Bonchev–Trinajstić information content (AvgIpc) is 1.05. The summed E-state index contributed by atoms with van der Waals surface area (Å²) in [5.41, 5.74) is 24.6. The van der Waals surface area contributed by atoms with E-state index < -0.39 is 5.97 Å². The number of esters is 3. The van der Waals surface area contributed by atoms with Gasteiger partial charge in [0.2, 0.25) is 11.8 Å². The van der Waals surface area contributed by atoms with E-state index in [0.29, 0.717) is 98.5 Å². The zero-order valence-electron chi connectivity index (χ0n) is 69.8. The van der Waals surface area contributed by atoms with E-state index >= 15 is 0 Å². The van der Waals surface area contributed by atoms with Crippen molar-refractivity contribution in [3.8, 4) is 0 Å². The second kappa shape index (κ2) is 46.3. The zero-order chi connectivity index (χ0) is 75.7. The molecule has 14 heteroatoms. The summed E-state index contributed by atoms with van der Waals surface area (Å²) in [5, 5.41) is 12.1. The van der Waals surface area contributed by atoms with Crippen LogP contribution in [0.3, 0.4) is 0 Å². The van der Waals surface area contributed by atoms with Gasteiger partial charge in [0.1, 0.15) is 0 Å². The number of carboxylic acids is 1. The van der Waals surface area contributed by atoms with Gasteiger partial charge < -0.3 is 41.9 Å². The molecule has 0 spiro atoms. The summed E-state index contributed by atoms with van der Waals surface area (Å²) in [5.74, 6) is 6.89. The van der Waals surface area contributed by atoms with E-state index in [-0.39, 0.29) is 64.6 Å². The molecule has 3 aromatic carbocycles. The van der Waals surface area contributed by atoms with Crippen LogP contribution in [-0.4, -0.2) is 93.1 Å². The number of aliphatic carboxylic acids is 1. The second-order valence-electron chi connectivity index (χ2n) is 31.8. The molecule has 0 aliphatic heterocycles. The summed E-state index contributed by atoms with van der Waals surface area (Å²) in [4.78, 5) is 75.3. The number of hydrogen-bond acceptors (Lipinski definition) is 10. The Bertz CT molecular complexity index is 2940. The molecule has 3 saturated carbocycles. The Balaban J connectivity index is 0.000000708. The number of amides is 2. The van der Waals surface area contributed by atoms with Gasteiger partial charge in [0.25, 0.3) is 0 Å². The predicted octanol–water partition coefficient (Wildman–Crippen LogP) is 20.1. The van der Waals surface area contributed by atoms with Crippen LogP contribution in [0.5, 0.6) is 0 Å². The molecule has 13 nitrogen and oxygen atoms in total. The Morgan fingerprint density at radius 3 is 0.833 bits per heavy atom. The molecular formula is C88H146N3O10W-. The number of carbonyl (C=O) groups excluding carboxylic acids is 5. The molecule has 102 heavy (non-hydrogen) atoms. The summed E-state index contributed by atoms with van der Waals surface area (Å²) in [7, 11) is 10.2. The first-order chi connectivity index (χ1) is 46.9. The first-order valence-electron chi connectivity index (χ1n) is 38.7. The molecule has 3 aliphatic carbocycles. The van der Waals surface area contributed by atoms with Gasteiger partial charge in [0.05, 0.1) is 21.3 Å². The number of hydrogen-bond donors (Lipinski definition) is 2. The molecule has 2 amide bonds. The van der Waals surface area contributed by atoms with Crippen LogP contribution in [-0.2, 0) is 83.7 Å². The van der Waals surface area contributed by atoms with Crippen LogP contribution in [0.2, 0.25) is 0 Å². The van der Waals surface area contributed by atoms with Crippen LogP contribution >= 0.6 is 0 Å². The summed E-state index contributed by atoms with van der Waals surface area (Å²) in [6.45, 7) is 49.3. The maximum absolute atomic E-state index is 13.2. The number of benzene rings is 3. The van der Waals surface area contributed by atoms with Crippen molar-refractivity contribution < 1.29 is 69.1 Å². The summed E-state index contributed by atoms with van der Waals surface area (Å²) >= 11 is 0. The predicted molar refractivity (Wildman–Crippen MR) is 419 cm³/mol. The van der Waals surface area contributed by atoms with Crippen LogP contribution in [0, 0.1) is 182 Å². The van der Waals surface area contributed by atoms with Crippen molar-refractivity contribution >= 4 is 35.7 Å². The third-order valence-electron chi connectivity index (χ3n) is 26.6. The van der Waals surface area contributed by atoms with E-state index in [9.17, 15) is 28.8 Å². The number of carbonyl (C=O) groups is 6. The van der Waals surface area contributed by atoms with Crippen molar-refractivity contribution in [2.75, 3.05) is 42.5 Å². The van der Waals surface area contributed by atoms with Crippen LogP contribution in [0.4, 0.5) is 0 Å². The normalized spacial score (nSPS) is 20.5. The monoisotopic (exact) mass is 1590 g/mol. The quantitative estimate of drug-likeness (QED) is 0.0370. The number of nitrogens with zero attached hydrogens (tertiary/aromatic N) is 2. The molecule has 580 valence electrons. The topological polar surface area (TPSA) is 169 Å². The molecule has 0 radical (unpaired) electrons. The maximum atomic E-state index is 13.2. The van der Waals surface area contributed by atoms with Gasteiger partial charge in [0.15, 0.2) is 0 Å². The fourth-order valence-corrected chi connectivity index (χ4v) is 17.4. The molecule has 12 atom stereocenters. The van der Waals surface area contributed by atoms with E-state index in [4.69, 9.17) is 14.6 Å². The smallest absolute Gasteiger partial charge is 0.305 e. The molecule has 0 heterocycles. The Labute approximate surface area is 637 Å². The van der Waals surface area contributed by atoms with Crippen molar-refractivity contribution in [1.82, 2.24) is 15.1 Å². The van der Waals surface area contributed by atoms with Gasteiger partial charge >= 0.3 is 23.9 Å². The molecule has 2 N–H and O–H groups in total. The van der Waals surface area contributed by atoms with Crippen molar-refractivity contribution in [2.24, 2.45) is 71.0 Å². The maximum Gasteiger partial charge on any atom is 0.305 e. The second-order valence-corrected chi connectivity index (χ2v) is 31.8. The minimum absolute atomic E-state index is 0. The molecular weight excluding hydrogens is 1440 g/mol. The molecule has 6 rings (SSSR count). The summed E-state index contributed by atoms with van der Waals surface area (Å²) < 4.78 is 14.3. The summed E-state index contributed by atoms with van der Waals surface area (Å²) in [6, 6.07) is 0. The van der Waals surface area contributed by atoms with Gasteiger partial charge in [-0.15, -0.1) is 0 Å². The third-order valence-corrected chi connectivity index (χ3v) is 26.6. The van der Waals surface area contributed by atoms with E-state index in [1.807, 2.05) is 30.9 Å². The largest absolute Gasteiger partial charge is 0.481 e. The van der Waals surface area contributed by atoms with Crippen molar-refractivity contribution in [1.29, 1.82) is 0 Å². The molecule has 0 bridgehead atoms. The van der Waals surface area contributed by atoms with Crippen molar-refractivity contribution in [3.05, 3.63) is 108 Å². The van der Waals surface area contributed by atoms with Crippen molar-refractivity contribution in [2.45, 2.75) is 300 Å². The molecule has 3 aliphatic rings. The van der Waals surface area contributed by atoms with Crippen LogP contribution in [0.1, 0.15) is 277 Å². The number of carboxylic acid groups (broad SMARTS) is 1. The third kappa shape index (κ3) is 27.2. The van der Waals surface area contributed by atoms with Crippen LogP contribution in [0.25, 0.3) is 0 Å². The van der Waals surface area contributed by atoms with E-state index in [2.05, 4.69) is 155 Å². The Morgan fingerprint density at radius 1 is 0.382 bits per heavy atom. The van der Waals surface area contributed by atoms with Crippen LogP contribution < -0.4 is 5.32 Å². The van der Waals surface area contributed by atoms with Gasteiger partial charge in [-0.25, -0.2) is 0 Å². The van der Waals surface area contributed by atoms with Gasteiger partial charge in [-0.2, -0.15) is 0 Å². The fourth-order valence-electron chi connectivity index (χ4n) is 17.4. The number of ether oxygens (including phenoxy) is 3. The fraction of sp³-hybridized carbons (Fsp3) is 0.716. The van der Waals surface area contributed by atoms with Gasteiger partial charge in [-0.3, -0.25) is 28.8 Å². The van der Waals surface area contributed by atoms with Crippen molar-refractivity contribution in [3.63, 3.8) is 0 Å². The summed E-state index contributed by atoms with van der Waals surface area (Å²) in [6.07, 6.45) is 18.3. The molecule has 3 aromatic rings. The van der Waals surface area contributed by atoms with Gasteiger partial charge in [-0.1, -0.05) is 60.8 Å². The average molecular weight is 1590 g/mol. The Morgan fingerprint density at radius 2 is 0.618 bits per heavy atom. The van der Waals surface area contributed by atoms with Crippen LogP contribution in [0.15, 0.2) is 0 Å². The molecule has 0 saturated heterocycles. The number of nitrogens with one attached hydrogen (secondary N) is 1. The number of rotatable bonds is 30. The van der Waals surface area contributed by atoms with E-state index in [0.717, 1.165) is 82.1 Å². The standard InChI is InChI=1S/2C29H47NO3.C16H28O4.C13H21N.CH3.W/c2*1-18-13-15-26(19(18)2)25(11-10-12-29(32)33-9)14-16-28(31)30(8)17-27-23(6)21(4)20(3)22(5)24(27)7;1-11-7-9-14(12(11)2)13(8-10-15(17)18)5-4-6-16(19)20-3;1-8-9(2)11(4)13(7-14-6)12(5)10(8)3;;/h2*18-19,25-26H,10-17H2,1-9H3;11-14H,4-10H2,1-3H3,(H,17,18);14H,7H2,1-6H3;1H3;/q;;;;-1;/t2*18-,19-,25?,26+;11-,12-,13?,14+;;;/m111.../s1. The molecule has 0 aromatic heterocycles. The first kappa shape index (κ1) is 95.1. The zero-order valence-corrected chi connectivity index (χ0v) is 72.8. The minimum atomic E-state index is -0.721. The first-order valence-corrected chi connectivity index (χ1v) is 38.7. The van der Waals surface area contributed by atoms with E-state index in [1.165, 1.54) is 160 Å². The molecule has 3 fully saturated rings. The van der Waals surface area contributed by atoms with Gasteiger partial charge in [-0.05, 0) is 359 Å². The van der Waals surface area contributed by atoms with Gasteiger partial charge in [0, 0.05) is 93.3 Å². The Hall–Kier alpha value is -4.87. The Kier molecular flexibility index (Phi) is 43.1. The van der Waals surface area contributed by atoms with E-state index in [1.54, 1.807) is 0 Å². The molecule has 3 unspecified atom stereocenters. The minimum Gasteiger partial charge on any atom is -0.481 e.